The van der Waals surface area contributed by atoms with Gasteiger partial charge in [0.2, 0.25) is 0 Å². The third-order valence-electron chi connectivity index (χ3n) is 4.11. The summed E-state index contributed by atoms with van der Waals surface area (Å²) in [7, 11) is 0. The number of benzene rings is 2. The summed E-state index contributed by atoms with van der Waals surface area (Å²) in [4.78, 5) is 23.9. The van der Waals surface area contributed by atoms with Crippen LogP contribution in [0.25, 0.3) is 16.3 Å². The van der Waals surface area contributed by atoms with Crippen LogP contribution in [0.15, 0.2) is 42.5 Å². The van der Waals surface area contributed by atoms with Gasteiger partial charge in [0.15, 0.2) is 5.78 Å². The van der Waals surface area contributed by atoms with E-state index in [-0.39, 0.29) is 5.78 Å². The summed E-state index contributed by atoms with van der Waals surface area (Å²) in [5.74, 6) is 0.182. The molecule has 0 atom stereocenters. The molecule has 0 spiro atoms. The van der Waals surface area contributed by atoms with Gasteiger partial charge in [0.25, 0.3) is 0 Å². The fraction of sp³-hybridized carbons (Fsp3) is 0.333. The van der Waals surface area contributed by atoms with E-state index < -0.39 is 11.7 Å². The van der Waals surface area contributed by atoms with Gasteiger partial charge < -0.3 is 4.74 Å². The molecule has 1 aliphatic carbocycles. The Morgan fingerprint density at radius 1 is 1.04 bits per heavy atom. The fourth-order valence-electron chi connectivity index (χ4n) is 3.11. The van der Waals surface area contributed by atoms with E-state index in [0.29, 0.717) is 12.1 Å². The number of carbonyl (C=O) groups is 2. The van der Waals surface area contributed by atoms with E-state index in [9.17, 15) is 9.59 Å². The molecule has 4 nitrogen and oxygen atoms in total. The van der Waals surface area contributed by atoms with Gasteiger partial charge in [-0.3, -0.25) is 10.1 Å². The first kappa shape index (κ1) is 17.2. The van der Waals surface area contributed by atoms with Crippen molar-refractivity contribution in [3.8, 4) is 0 Å². The topological polar surface area (TPSA) is 55.4 Å². The molecule has 0 bridgehead atoms. The Bertz CT molecular complexity index is 859. The molecule has 0 saturated carbocycles. The molecule has 0 saturated heterocycles. The monoisotopic (exact) mass is 337 g/mol. The molecule has 4 heteroatoms. The second-order valence-corrected chi connectivity index (χ2v) is 7.32. The smallest absolute Gasteiger partial charge is 0.412 e. The van der Waals surface area contributed by atoms with Crippen LogP contribution in [-0.2, 0) is 9.53 Å². The molecule has 1 aliphatic rings. The number of ether oxygens (including phenoxy) is 1. The number of fused-ring (bicyclic) bond motifs is 1. The van der Waals surface area contributed by atoms with Gasteiger partial charge in [0, 0.05) is 11.8 Å². The quantitative estimate of drug-likeness (QED) is 0.806. The van der Waals surface area contributed by atoms with Crippen LogP contribution in [0.4, 0.5) is 10.5 Å². The fourth-order valence-corrected chi connectivity index (χ4v) is 3.11. The molecule has 1 N–H and O–H groups in total. The van der Waals surface area contributed by atoms with Crippen molar-refractivity contribution >= 4 is 33.9 Å². The Morgan fingerprint density at radius 3 is 2.44 bits per heavy atom. The Labute approximate surface area is 147 Å². The van der Waals surface area contributed by atoms with Crippen LogP contribution in [0, 0.1) is 0 Å². The number of amides is 1. The second-order valence-electron chi connectivity index (χ2n) is 7.32. The SMILES string of the molecule is CC(C)(C)OC(=O)Nc1ccc(C2=CC(=O)CCC2)c2ccccc12. The van der Waals surface area contributed by atoms with Gasteiger partial charge in [-0.1, -0.05) is 30.3 Å². The zero-order valence-electron chi connectivity index (χ0n) is 14.9. The maximum atomic E-state index is 12.1. The summed E-state index contributed by atoms with van der Waals surface area (Å²) in [5, 5.41) is 4.79. The number of carbonyl (C=O) groups excluding carboxylic acids is 2. The number of allylic oxidation sites excluding steroid dienone is 2. The molecule has 2 aromatic rings. The van der Waals surface area contributed by atoms with Crippen LogP contribution < -0.4 is 5.32 Å². The van der Waals surface area contributed by atoms with E-state index in [2.05, 4.69) is 5.32 Å². The van der Waals surface area contributed by atoms with Gasteiger partial charge in [0.05, 0.1) is 5.69 Å². The molecular weight excluding hydrogens is 314 g/mol. The Balaban J connectivity index is 1.99. The van der Waals surface area contributed by atoms with Crippen LogP contribution >= 0.6 is 0 Å². The van der Waals surface area contributed by atoms with Crippen LogP contribution in [-0.4, -0.2) is 17.5 Å². The van der Waals surface area contributed by atoms with Crippen molar-refractivity contribution in [3.05, 3.63) is 48.0 Å². The van der Waals surface area contributed by atoms with E-state index in [1.807, 2.05) is 57.2 Å². The van der Waals surface area contributed by atoms with E-state index >= 15 is 0 Å². The number of anilines is 1. The molecule has 2 aromatic carbocycles. The molecular formula is C21H23NO3. The molecule has 0 aromatic heterocycles. The number of ketones is 1. The maximum absolute atomic E-state index is 12.1. The lowest BCUT2D eigenvalue weighted by Gasteiger charge is -2.21. The lowest BCUT2D eigenvalue weighted by Crippen LogP contribution is -2.27. The van der Waals surface area contributed by atoms with Crippen molar-refractivity contribution in [2.75, 3.05) is 5.32 Å². The molecule has 3 rings (SSSR count). The van der Waals surface area contributed by atoms with E-state index in [1.54, 1.807) is 6.08 Å². The minimum Gasteiger partial charge on any atom is -0.444 e. The predicted molar refractivity (Wildman–Crippen MR) is 101 cm³/mol. The molecule has 25 heavy (non-hydrogen) atoms. The van der Waals surface area contributed by atoms with Gasteiger partial charge >= 0.3 is 6.09 Å². The number of hydrogen-bond acceptors (Lipinski definition) is 3. The molecule has 1 amide bonds. The first-order valence-electron chi connectivity index (χ1n) is 8.59. The number of nitrogens with one attached hydrogen (secondary N) is 1. The second kappa shape index (κ2) is 6.71. The molecule has 0 heterocycles. The van der Waals surface area contributed by atoms with Crippen molar-refractivity contribution in [1.82, 2.24) is 0 Å². The van der Waals surface area contributed by atoms with Crippen LogP contribution in [0.2, 0.25) is 0 Å². The average molecular weight is 337 g/mol. The first-order chi connectivity index (χ1) is 11.8. The lowest BCUT2D eigenvalue weighted by molar-refractivity contribution is -0.114. The number of hydrogen-bond donors (Lipinski definition) is 1. The van der Waals surface area contributed by atoms with Crippen molar-refractivity contribution in [2.24, 2.45) is 0 Å². The lowest BCUT2D eigenvalue weighted by atomic mass is 9.89. The molecule has 0 radical (unpaired) electrons. The van der Waals surface area contributed by atoms with Crippen LogP contribution in [0.3, 0.4) is 0 Å². The summed E-state index contributed by atoms with van der Waals surface area (Å²) in [5.41, 5.74) is 2.28. The largest absolute Gasteiger partial charge is 0.444 e. The van der Waals surface area contributed by atoms with Gasteiger partial charge in [0.1, 0.15) is 5.60 Å². The maximum Gasteiger partial charge on any atom is 0.412 e. The highest BCUT2D eigenvalue weighted by Gasteiger charge is 2.18. The minimum atomic E-state index is -0.549. The van der Waals surface area contributed by atoms with Gasteiger partial charge in [-0.05, 0) is 62.3 Å². The third kappa shape index (κ3) is 4.08. The van der Waals surface area contributed by atoms with Gasteiger partial charge in [-0.25, -0.2) is 4.79 Å². The normalized spacial score (nSPS) is 15.0. The molecule has 0 fully saturated rings. The van der Waals surface area contributed by atoms with E-state index in [4.69, 9.17) is 4.74 Å². The summed E-state index contributed by atoms with van der Waals surface area (Å²) < 4.78 is 5.35. The zero-order chi connectivity index (χ0) is 18.0. The van der Waals surface area contributed by atoms with Crippen LogP contribution in [0.5, 0.6) is 0 Å². The highest BCUT2D eigenvalue weighted by atomic mass is 16.6. The summed E-state index contributed by atoms with van der Waals surface area (Å²) in [6.07, 6.45) is 3.69. The van der Waals surface area contributed by atoms with Gasteiger partial charge in [-0.2, -0.15) is 0 Å². The minimum absolute atomic E-state index is 0.182. The molecule has 130 valence electrons. The first-order valence-corrected chi connectivity index (χ1v) is 8.59. The molecule has 0 unspecified atom stereocenters. The standard InChI is InChI=1S/C21H23NO3/c1-21(2,3)25-20(24)22-19-12-11-16(14-7-6-8-15(23)13-14)17-9-4-5-10-18(17)19/h4-5,9-13H,6-8H2,1-3H3,(H,22,24). The van der Waals surface area contributed by atoms with Crippen LogP contribution in [0.1, 0.15) is 45.6 Å². The Hall–Kier alpha value is -2.62. The highest BCUT2D eigenvalue weighted by molar-refractivity contribution is 6.07. The van der Waals surface area contributed by atoms with Crippen molar-refractivity contribution in [3.63, 3.8) is 0 Å². The number of rotatable bonds is 2. The highest BCUT2D eigenvalue weighted by Crippen LogP contribution is 2.34. The zero-order valence-corrected chi connectivity index (χ0v) is 14.9. The van der Waals surface area contributed by atoms with Gasteiger partial charge in [-0.15, -0.1) is 0 Å². The van der Waals surface area contributed by atoms with Crippen molar-refractivity contribution in [2.45, 2.75) is 45.6 Å². The third-order valence-corrected chi connectivity index (χ3v) is 4.11. The predicted octanol–water partition coefficient (Wildman–Crippen LogP) is 5.32. The molecule has 0 aliphatic heterocycles. The Morgan fingerprint density at radius 2 is 1.76 bits per heavy atom. The van der Waals surface area contributed by atoms with E-state index in [1.165, 1.54) is 0 Å². The summed E-state index contributed by atoms with van der Waals surface area (Å²) in [6, 6.07) is 11.7. The van der Waals surface area contributed by atoms with Crippen molar-refractivity contribution in [1.29, 1.82) is 0 Å². The summed E-state index contributed by atoms with van der Waals surface area (Å²) in [6.45, 7) is 5.50. The Kier molecular flexibility index (Phi) is 4.62. The van der Waals surface area contributed by atoms with Crippen molar-refractivity contribution < 1.29 is 14.3 Å². The van der Waals surface area contributed by atoms with E-state index in [0.717, 1.165) is 34.8 Å². The average Bonchev–Trinajstić information content (AvgIpc) is 2.53. The summed E-state index contributed by atoms with van der Waals surface area (Å²) >= 11 is 0.